The first-order chi connectivity index (χ1) is 10.7. The van der Waals surface area contributed by atoms with Gasteiger partial charge in [-0.25, -0.2) is 0 Å². The SMILES string of the molecule is CC[NH+](CC)CCN1C(=O)C(=C(C#N)C#N)c2ccccc21. The first-order valence-electron chi connectivity index (χ1n) is 7.47. The summed E-state index contributed by atoms with van der Waals surface area (Å²) in [7, 11) is 0. The zero-order valence-corrected chi connectivity index (χ0v) is 12.9. The summed E-state index contributed by atoms with van der Waals surface area (Å²) in [4.78, 5) is 15.8. The summed E-state index contributed by atoms with van der Waals surface area (Å²) in [6, 6.07) is 11.0. The summed E-state index contributed by atoms with van der Waals surface area (Å²) in [5.74, 6) is -0.245. The Balaban J connectivity index is 2.39. The Morgan fingerprint density at radius 1 is 1.18 bits per heavy atom. The first kappa shape index (κ1) is 15.8. The highest BCUT2D eigenvalue weighted by Gasteiger charge is 2.35. The van der Waals surface area contributed by atoms with Crippen LogP contribution in [0.3, 0.4) is 0 Å². The number of fused-ring (bicyclic) bond motifs is 1. The number of allylic oxidation sites excluding steroid dienone is 1. The molecule has 1 N–H and O–H groups in total. The van der Waals surface area contributed by atoms with E-state index in [4.69, 9.17) is 10.5 Å². The number of hydrogen-bond acceptors (Lipinski definition) is 3. The number of carbonyl (C=O) groups excluding carboxylic acids is 1. The lowest BCUT2D eigenvalue weighted by Crippen LogP contribution is -3.12. The molecule has 1 aromatic rings. The average Bonchev–Trinajstić information content (AvgIpc) is 2.83. The van der Waals surface area contributed by atoms with Gasteiger partial charge in [-0.1, -0.05) is 18.2 Å². The highest BCUT2D eigenvalue weighted by molar-refractivity contribution is 6.34. The Morgan fingerprint density at radius 3 is 2.41 bits per heavy atom. The fraction of sp³-hybridized carbons (Fsp3) is 0.353. The van der Waals surface area contributed by atoms with Crippen molar-refractivity contribution in [2.75, 3.05) is 31.1 Å². The minimum Gasteiger partial charge on any atom is -0.334 e. The molecule has 0 saturated heterocycles. The smallest absolute Gasteiger partial charge is 0.261 e. The highest BCUT2D eigenvalue weighted by Crippen LogP contribution is 2.37. The van der Waals surface area contributed by atoms with E-state index in [2.05, 4.69) is 13.8 Å². The molecule has 0 radical (unpaired) electrons. The highest BCUT2D eigenvalue weighted by atomic mass is 16.2. The maximum atomic E-state index is 12.7. The second-order valence-corrected chi connectivity index (χ2v) is 5.15. The van der Waals surface area contributed by atoms with Crippen LogP contribution >= 0.6 is 0 Å². The zero-order chi connectivity index (χ0) is 16.1. The molecule has 2 rings (SSSR count). The van der Waals surface area contributed by atoms with Crippen LogP contribution in [0.25, 0.3) is 5.57 Å². The van der Waals surface area contributed by atoms with Crippen molar-refractivity contribution in [2.24, 2.45) is 0 Å². The number of quaternary nitrogens is 1. The largest absolute Gasteiger partial charge is 0.334 e. The van der Waals surface area contributed by atoms with Crippen molar-refractivity contribution in [1.82, 2.24) is 0 Å². The van der Waals surface area contributed by atoms with Crippen LogP contribution in [0.1, 0.15) is 19.4 Å². The number of nitriles is 2. The van der Waals surface area contributed by atoms with Crippen molar-refractivity contribution in [3.8, 4) is 12.1 Å². The molecule has 22 heavy (non-hydrogen) atoms. The number of amides is 1. The van der Waals surface area contributed by atoms with Crippen LogP contribution in [0, 0.1) is 22.7 Å². The van der Waals surface area contributed by atoms with Crippen LogP contribution < -0.4 is 9.80 Å². The number of hydrogen-bond donors (Lipinski definition) is 1. The normalized spacial score (nSPS) is 13.0. The minimum atomic E-state index is -0.245. The molecule has 1 aliphatic rings. The first-order valence-corrected chi connectivity index (χ1v) is 7.47. The Kier molecular flexibility index (Phi) is 4.93. The van der Waals surface area contributed by atoms with Gasteiger partial charge in [0.1, 0.15) is 17.7 Å². The fourth-order valence-corrected chi connectivity index (χ4v) is 2.75. The second-order valence-electron chi connectivity index (χ2n) is 5.15. The number of nitrogens with zero attached hydrogens (tertiary/aromatic N) is 3. The van der Waals surface area contributed by atoms with E-state index in [0.29, 0.717) is 12.1 Å². The molecule has 1 amide bonds. The van der Waals surface area contributed by atoms with Gasteiger partial charge in [-0.15, -0.1) is 0 Å². The van der Waals surface area contributed by atoms with E-state index in [1.54, 1.807) is 11.0 Å². The number of rotatable bonds is 5. The fourth-order valence-electron chi connectivity index (χ4n) is 2.75. The quantitative estimate of drug-likeness (QED) is 0.644. The number of likely N-dealkylation sites (N-methyl/N-ethyl adjacent to an activating group) is 1. The number of para-hydroxylation sites is 1. The van der Waals surface area contributed by atoms with E-state index < -0.39 is 0 Å². The van der Waals surface area contributed by atoms with Crippen LogP contribution in [0.15, 0.2) is 29.8 Å². The van der Waals surface area contributed by atoms with Gasteiger partial charge in [-0.05, 0) is 19.9 Å². The number of anilines is 1. The van der Waals surface area contributed by atoms with Crippen molar-refractivity contribution in [2.45, 2.75) is 13.8 Å². The molecule has 0 unspecified atom stereocenters. The molecule has 0 bridgehead atoms. The predicted octanol–water partition coefficient (Wildman–Crippen LogP) is 0.759. The summed E-state index contributed by atoms with van der Waals surface area (Å²) in [6.45, 7) is 7.67. The van der Waals surface area contributed by atoms with E-state index in [0.717, 1.165) is 25.3 Å². The second kappa shape index (κ2) is 6.89. The summed E-state index contributed by atoms with van der Waals surface area (Å²) < 4.78 is 0. The van der Waals surface area contributed by atoms with Crippen molar-refractivity contribution in [3.63, 3.8) is 0 Å². The van der Waals surface area contributed by atoms with Gasteiger partial charge in [0.2, 0.25) is 0 Å². The van der Waals surface area contributed by atoms with Crippen molar-refractivity contribution in [3.05, 3.63) is 35.4 Å². The van der Waals surface area contributed by atoms with Crippen LogP contribution in [0.5, 0.6) is 0 Å². The van der Waals surface area contributed by atoms with Gasteiger partial charge >= 0.3 is 0 Å². The van der Waals surface area contributed by atoms with E-state index in [9.17, 15) is 4.79 Å². The van der Waals surface area contributed by atoms with Crippen LogP contribution in [0.4, 0.5) is 5.69 Å². The maximum Gasteiger partial charge on any atom is 0.261 e. The lowest BCUT2D eigenvalue weighted by molar-refractivity contribution is -0.894. The predicted molar refractivity (Wildman–Crippen MR) is 83.9 cm³/mol. The summed E-state index contributed by atoms with van der Waals surface area (Å²) in [6.07, 6.45) is 0. The Labute approximate surface area is 130 Å². The van der Waals surface area contributed by atoms with Crippen molar-refractivity contribution < 1.29 is 9.69 Å². The number of benzene rings is 1. The van der Waals surface area contributed by atoms with Crippen LogP contribution in [-0.4, -0.2) is 32.1 Å². The minimum absolute atomic E-state index is 0.116. The number of nitrogens with one attached hydrogen (secondary N) is 1. The number of carbonyl (C=O) groups is 1. The van der Waals surface area contributed by atoms with Crippen LogP contribution in [-0.2, 0) is 4.79 Å². The molecule has 5 heteroatoms. The van der Waals surface area contributed by atoms with Crippen molar-refractivity contribution in [1.29, 1.82) is 10.5 Å². The molecule has 0 aromatic heterocycles. The topological polar surface area (TPSA) is 72.3 Å². The summed E-state index contributed by atoms with van der Waals surface area (Å²) in [5, 5.41) is 18.2. The maximum absolute atomic E-state index is 12.7. The molecule has 0 fully saturated rings. The van der Waals surface area contributed by atoms with E-state index in [1.165, 1.54) is 4.90 Å². The van der Waals surface area contributed by atoms with Gasteiger partial charge in [0, 0.05) is 5.56 Å². The van der Waals surface area contributed by atoms with Gasteiger partial charge in [-0.2, -0.15) is 10.5 Å². The molecule has 0 aliphatic carbocycles. The molecule has 0 atom stereocenters. The van der Waals surface area contributed by atoms with E-state index >= 15 is 0 Å². The Hall–Kier alpha value is -2.63. The molecule has 1 aliphatic heterocycles. The zero-order valence-electron chi connectivity index (χ0n) is 12.9. The Morgan fingerprint density at radius 2 is 1.82 bits per heavy atom. The molecule has 5 nitrogen and oxygen atoms in total. The van der Waals surface area contributed by atoms with Crippen LogP contribution in [0.2, 0.25) is 0 Å². The monoisotopic (exact) mass is 295 g/mol. The lowest BCUT2D eigenvalue weighted by Gasteiger charge is -2.21. The van der Waals surface area contributed by atoms with E-state index in [-0.39, 0.29) is 17.1 Å². The molecule has 0 saturated carbocycles. The average molecular weight is 295 g/mol. The summed E-state index contributed by atoms with van der Waals surface area (Å²) in [5.41, 5.74) is 1.59. The Bertz CT molecular complexity index is 673. The third-order valence-electron chi connectivity index (χ3n) is 4.09. The van der Waals surface area contributed by atoms with Gasteiger partial charge in [0.15, 0.2) is 0 Å². The molecule has 0 spiro atoms. The van der Waals surface area contributed by atoms with Gasteiger partial charge in [0.25, 0.3) is 5.91 Å². The summed E-state index contributed by atoms with van der Waals surface area (Å²) >= 11 is 0. The third-order valence-corrected chi connectivity index (χ3v) is 4.09. The molecule has 1 heterocycles. The molecular weight excluding hydrogens is 276 g/mol. The lowest BCUT2D eigenvalue weighted by atomic mass is 10.0. The van der Waals surface area contributed by atoms with Crippen molar-refractivity contribution >= 4 is 17.2 Å². The van der Waals surface area contributed by atoms with Gasteiger partial charge in [-0.3, -0.25) is 4.79 Å². The third kappa shape index (κ3) is 2.72. The van der Waals surface area contributed by atoms with Gasteiger partial charge in [0.05, 0.1) is 37.4 Å². The molecule has 1 aromatic carbocycles. The molecule has 112 valence electrons. The van der Waals surface area contributed by atoms with Gasteiger partial charge < -0.3 is 9.80 Å². The molecular formula is C17H19N4O+. The van der Waals surface area contributed by atoms with E-state index in [1.807, 2.05) is 30.3 Å². The standard InChI is InChI=1S/C17H18N4O/c1-3-20(4-2)9-10-21-15-8-6-5-7-14(15)16(17(21)22)13(11-18)12-19/h5-8H,3-4,9-10H2,1-2H3/p+1.